The van der Waals surface area contributed by atoms with E-state index in [-0.39, 0.29) is 17.6 Å². The fraction of sp³-hybridized carbons (Fsp3) is 0.286. The predicted octanol–water partition coefficient (Wildman–Crippen LogP) is 3.40. The first kappa shape index (κ1) is 13.1. The second-order valence-electron chi connectivity index (χ2n) is 4.04. The number of methoxy groups -OCH3 is 1. The zero-order chi connectivity index (χ0) is 13.0. The Balaban J connectivity index is 2.27. The fourth-order valence-corrected chi connectivity index (χ4v) is 2.65. The number of likely N-dealkylation sites (N-methyl/N-ethyl adjacent to an activating group) is 1. The van der Waals surface area contributed by atoms with Crippen molar-refractivity contribution in [3.05, 3.63) is 52.0 Å². The molecule has 1 heterocycles. The van der Waals surface area contributed by atoms with Crippen molar-refractivity contribution >= 4 is 11.3 Å². The lowest BCUT2D eigenvalue weighted by atomic mass is 10.00. The van der Waals surface area contributed by atoms with Crippen molar-refractivity contribution in [2.24, 2.45) is 0 Å². The summed E-state index contributed by atoms with van der Waals surface area (Å²) in [4.78, 5) is 0. The molecule has 1 atom stereocenters. The van der Waals surface area contributed by atoms with Crippen LogP contribution in [0, 0.1) is 5.82 Å². The summed E-state index contributed by atoms with van der Waals surface area (Å²) < 4.78 is 19.2. The zero-order valence-electron chi connectivity index (χ0n) is 10.4. The summed E-state index contributed by atoms with van der Waals surface area (Å²) in [6.07, 6.45) is 0.768. The maximum Gasteiger partial charge on any atom is 0.169 e. The number of hydrogen-bond donors (Lipinski definition) is 1. The van der Waals surface area contributed by atoms with E-state index in [0.29, 0.717) is 5.56 Å². The van der Waals surface area contributed by atoms with E-state index in [9.17, 15) is 4.39 Å². The average molecular weight is 265 g/mol. The van der Waals surface area contributed by atoms with Crippen LogP contribution >= 0.6 is 11.3 Å². The highest BCUT2D eigenvalue weighted by Gasteiger charge is 2.17. The van der Waals surface area contributed by atoms with Crippen LogP contribution in [0.4, 0.5) is 4.39 Å². The topological polar surface area (TPSA) is 21.3 Å². The summed E-state index contributed by atoms with van der Waals surface area (Å²) >= 11 is 1.65. The highest BCUT2D eigenvalue weighted by atomic mass is 32.1. The lowest BCUT2D eigenvalue weighted by molar-refractivity contribution is 0.380. The van der Waals surface area contributed by atoms with Gasteiger partial charge in [0.15, 0.2) is 11.6 Å². The van der Waals surface area contributed by atoms with Crippen LogP contribution in [0.5, 0.6) is 5.75 Å². The summed E-state index contributed by atoms with van der Waals surface area (Å²) in [5, 5.41) is 7.28. The van der Waals surface area contributed by atoms with Crippen LogP contribution in [0.1, 0.15) is 17.2 Å². The Morgan fingerprint density at radius 1 is 1.39 bits per heavy atom. The summed E-state index contributed by atoms with van der Waals surface area (Å²) in [5.41, 5.74) is 1.85. The minimum absolute atomic E-state index is 0.0466. The van der Waals surface area contributed by atoms with Crippen LogP contribution in [0.3, 0.4) is 0 Å². The third-order valence-corrected chi connectivity index (χ3v) is 3.69. The Morgan fingerprint density at radius 3 is 2.83 bits per heavy atom. The normalized spacial score (nSPS) is 12.4. The van der Waals surface area contributed by atoms with Gasteiger partial charge in [-0.05, 0) is 41.9 Å². The molecule has 0 aliphatic carbocycles. The molecule has 4 heteroatoms. The maximum absolute atomic E-state index is 14.2. The Bertz CT molecular complexity index is 499. The van der Waals surface area contributed by atoms with Crippen molar-refractivity contribution in [3.8, 4) is 5.75 Å². The van der Waals surface area contributed by atoms with Crippen molar-refractivity contribution < 1.29 is 9.13 Å². The molecular weight excluding hydrogens is 249 g/mol. The fourth-order valence-electron chi connectivity index (χ4n) is 1.97. The maximum atomic E-state index is 14.2. The molecule has 0 aliphatic rings. The highest BCUT2D eigenvalue weighted by Crippen LogP contribution is 2.27. The van der Waals surface area contributed by atoms with Gasteiger partial charge in [-0.2, -0.15) is 11.3 Å². The van der Waals surface area contributed by atoms with E-state index in [1.165, 1.54) is 12.7 Å². The van der Waals surface area contributed by atoms with Crippen LogP contribution in [0.15, 0.2) is 35.0 Å². The van der Waals surface area contributed by atoms with Gasteiger partial charge in [-0.15, -0.1) is 0 Å². The quantitative estimate of drug-likeness (QED) is 0.894. The van der Waals surface area contributed by atoms with E-state index >= 15 is 0 Å². The van der Waals surface area contributed by atoms with Gasteiger partial charge in [0, 0.05) is 11.6 Å². The van der Waals surface area contributed by atoms with Gasteiger partial charge in [-0.1, -0.05) is 12.1 Å². The molecule has 2 nitrogen and oxygen atoms in total. The highest BCUT2D eigenvalue weighted by molar-refractivity contribution is 7.07. The van der Waals surface area contributed by atoms with Crippen LogP contribution in [-0.4, -0.2) is 14.2 Å². The van der Waals surface area contributed by atoms with Gasteiger partial charge in [0.05, 0.1) is 7.11 Å². The van der Waals surface area contributed by atoms with Gasteiger partial charge < -0.3 is 10.1 Å². The third kappa shape index (κ3) is 2.71. The number of halogens is 1. The molecule has 96 valence electrons. The Morgan fingerprint density at radius 2 is 2.22 bits per heavy atom. The summed E-state index contributed by atoms with van der Waals surface area (Å²) in [5.74, 6) is 0.00708. The van der Waals surface area contributed by atoms with E-state index in [1.54, 1.807) is 23.5 Å². The Labute approximate surface area is 110 Å². The van der Waals surface area contributed by atoms with E-state index < -0.39 is 0 Å². The molecule has 1 aromatic heterocycles. The summed E-state index contributed by atoms with van der Waals surface area (Å²) in [6.45, 7) is 0. The van der Waals surface area contributed by atoms with E-state index in [4.69, 9.17) is 4.74 Å². The first-order valence-electron chi connectivity index (χ1n) is 5.77. The molecule has 0 bridgehead atoms. The van der Waals surface area contributed by atoms with Gasteiger partial charge in [-0.25, -0.2) is 4.39 Å². The van der Waals surface area contributed by atoms with Crippen LogP contribution < -0.4 is 10.1 Å². The molecule has 0 amide bonds. The number of benzene rings is 1. The molecular formula is C14H16FNOS. The van der Waals surface area contributed by atoms with Crippen molar-refractivity contribution in [1.29, 1.82) is 0 Å². The van der Waals surface area contributed by atoms with Crippen molar-refractivity contribution in [3.63, 3.8) is 0 Å². The van der Waals surface area contributed by atoms with Crippen molar-refractivity contribution in [2.45, 2.75) is 12.5 Å². The van der Waals surface area contributed by atoms with Gasteiger partial charge in [0.2, 0.25) is 0 Å². The first-order chi connectivity index (χ1) is 8.76. The smallest absolute Gasteiger partial charge is 0.169 e. The van der Waals surface area contributed by atoms with E-state index in [2.05, 4.69) is 16.8 Å². The molecule has 0 saturated carbocycles. The molecule has 2 aromatic rings. The van der Waals surface area contributed by atoms with Crippen LogP contribution in [-0.2, 0) is 6.42 Å². The number of ether oxygens (including phenoxy) is 1. The van der Waals surface area contributed by atoms with E-state index in [1.807, 2.05) is 18.5 Å². The van der Waals surface area contributed by atoms with Crippen molar-refractivity contribution in [1.82, 2.24) is 5.32 Å². The minimum Gasteiger partial charge on any atom is -0.494 e. The van der Waals surface area contributed by atoms with Gasteiger partial charge >= 0.3 is 0 Å². The van der Waals surface area contributed by atoms with Gasteiger partial charge in [-0.3, -0.25) is 0 Å². The minimum atomic E-state index is -0.283. The van der Waals surface area contributed by atoms with Gasteiger partial charge in [0.1, 0.15) is 0 Å². The molecule has 1 N–H and O–H groups in total. The Hall–Kier alpha value is -1.39. The SMILES string of the molecule is CNC(Cc1ccsc1)c1cccc(OC)c1F. The average Bonchev–Trinajstić information content (AvgIpc) is 2.89. The predicted molar refractivity (Wildman–Crippen MR) is 72.8 cm³/mol. The zero-order valence-corrected chi connectivity index (χ0v) is 11.3. The number of rotatable bonds is 5. The van der Waals surface area contributed by atoms with Crippen LogP contribution in [0.25, 0.3) is 0 Å². The summed E-state index contributed by atoms with van der Waals surface area (Å²) in [7, 11) is 3.32. The first-order valence-corrected chi connectivity index (χ1v) is 6.71. The molecule has 0 saturated heterocycles. The molecule has 0 aliphatic heterocycles. The molecule has 1 aromatic carbocycles. The molecule has 0 fully saturated rings. The number of hydrogen-bond acceptors (Lipinski definition) is 3. The largest absolute Gasteiger partial charge is 0.494 e. The molecule has 0 spiro atoms. The summed E-state index contributed by atoms with van der Waals surface area (Å²) in [6, 6.07) is 7.26. The van der Waals surface area contributed by atoms with E-state index in [0.717, 1.165) is 6.42 Å². The molecule has 1 unspecified atom stereocenters. The lowest BCUT2D eigenvalue weighted by Gasteiger charge is -2.18. The standard InChI is InChI=1S/C14H16FNOS/c1-16-12(8-10-6-7-18-9-10)11-4-3-5-13(17-2)14(11)15/h3-7,9,12,16H,8H2,1-2H3. The van der Waals surface area contributed by atoms with Crippen molar-refractivity contribution in [2.75, 3.05) is 14.2 Å². The molecule has 2 rings (SSSR count). The Kier molecular flexibility index (Phi) is 4.33. The monoisotopic (exact) mass is 265 g/mol. The van der Waals surface area contributed by atoms with Crippen LogP contribution in [0.2, 0.25) is 0 Å². The number of nitrogens with one attached hydrogen (secondary N) is 1. The van der Waals surface area contributed by atoms with Gasteiger partial charge in [0.25, 0.3) is 0 Å². The molecule has 0 radical (unpaired) electrons. The second kappa shape index (κ2) is 5.98. The third-order valence-electron chi connectivity index (χ3n) is 2.96. The number of thiophene rings is 1. The lowest BCUT2D eigenvalue weighted by Crippen LogP contribution is -2.20. The second-order valence-corrected chi connectivity index (χ2v) is 4.82. The molecule has 18 heavy (non-hydrogen) atoms.